The Labute approximate surface area is 160 Å². The van der Waals surface area contributed by atoms with Crippen LogP contribution >= 0.6 is 0 Å². The fraction of sp³-hybridized carbons (Fsp3) is 0.208. The van der Waals surface area contributed by atoms with Gasteiger partial charge in [-0.2, -0.15) is 0 Å². The molecule has 4 aromatic rings. The summed E-state index contributed by atoms with van der Waals surface area (Å²) in [5.74, 6) is 0.553. The quantitative estimate of drug-likeness (QED) is 0.295. The minimum absolute atomic E-state index is 0.322. The molecule has 1 aromatic heterocycles. The first-order chi connectivity index (χ1) is 12.5. The Kier molecular flexibility index (Phi) is 3.50. The maximum absolute atomic E-state index is 2.43. The first kappa shape index (κ1) is 16.1. The number of fused-ring (bicyclic) bond motifs is 4. The molecule has 0 aliphatic carbocycles. The number of benzene rings is 3. The van der Waals surface area contributed by atoms with E-state index >= 15 is 0 Å². The van der Waals surface area contributed by atoms with E-state index in [1.54, 1.807) is 0 Å². The molecule has 0 unspecified atom stereocenters. The Morgan fingerprint density at radius 3 is 2.58 bits per heavy atom. The molecule has 0 amide bonds. The molecule has 0 atom stereocenters. The van der Waals surface area contributed by atoms with Gasteiger partial charge in [0, 0.05) is 0 Å². The van der Waals surface area contributed by atoms with Gasteiger partial charge in [0.15, 0.2) is 0 Å². The van der Waals surface area contributed by atoms with Crippen LogP contribution < -0.4 is 13.5 Å². The van der Waals surface area contributed by atoms with Gasteiger partial charge in [0.25, 0.3) is 0 Å². The third-order valence-corrected chi connectivity index (χ3v) is 8.02. The standard InChI is InChI=1S/C24H22NSe/c1-14(2)17-10-11-18-13-25(4)23-21-15(3)8-9-16-6-5-7-20(22(16)21)26-24(23)19(18)12-17/h5-14H,1-4H3/q+1. The maximum atomic E-state index is 2.43. The van der Waals surface area contributed by atoms with Crippen molar-refractivity contribution >= 4 is 45.4 Å². The Balaban J connectivity index is 1.96. The zero-order valence-electron chi connectivity index (χ0n) is 15.6. The molecular formula is C24H22NSe+. The second-order valence-electron chi connectivity index (χ2n) is 7.63. The van der Waals surface area contributed by atoms with Crippen molar-refractivity contribution in [1.82, 2.24) is 0 Å². The summed E-state index contributed by atoms with van der Waals surface area (Å²) < 4.78 is 5.41. The Morgan fingerprint density at radius 1 is 0.962 bits per heavy atom. The average Bonchev–Trinajstić information content (AvgIpc) is 2.63. The predicted molar refractivity (Wildman–Crippen MR) is 112 cm³/mol. The first-order valence-corrected chi connectivity index (χ1v) is 10.9. The molecule has 0 N–H and O–H groups in total. The molecule has 1 aliphatic rings. The number of nitrogens with zero attached hydrogens (tertiary/aromatic N) is 1. The van der Waals surface area contributed by atoms with E-state index in [0.29, 0.717) is 20.9 Å². The SMILES string of the molecule is Cc1ccc2cccc3c2c1-c1c(c2cc(C(C)C)ccc2c[n+]1C)[Se]3. The molecule has 0 fully saturated rings. The minimum atomic E-state index is 0.322. The van der Waals surface area contributed by atoms with Gasteiger partial charge < -0.3 is 0 Å². The van der Waals surface area contributed by atoms with Crippen molar-refractivity contribution in [3.05, 3.63) is 65.9 Å². The van der Waals surface area contributed by atoms with Crippen molar-refractivity contribution in [3.8, 4) is 11.3 Å². The molecule has 2 heteroatoms. The zero-order chi connectivity index (χ0) is 18.0. The zero-order valence-corrected chi connectivity index (χ0v) is 17.3. The van der Waals surface area contributed by atoms with Gasteiger partial charge in [-0.3, -0.25) is 0 Å². The summed E-state index contributed by atoms with van der Waals surface area (Å²) in [6.07, 6.45) is 2.31. The number of hydrogen-bond donors (Lipinski definition) is 0. The average molecular weight is 403 g/mol. The van der Waals surface area contributed by atoms with Crippen LogP contribution in [0.15, 0.2) is 54.7 Å². The summed E-state index contributed by atoms with van der Waals surface area (Å²) in [4.78, 5) is 0. The van der Waals surface area contributed by atoms with E-state index < -0.39 is 0 Å². The fourth-order valence-corrected chi connectivity index (χ4v) is 6.91. The van der Waals surface area contributed by atoms with Crippen molar-refractivity contribution < 1.29 is 4.57 Å². The van der Waals surface area contributed by atoms with Crippen molar-refractivity contribution in [3.63, 3.8) is 0 Å². The van der Waals surface area contributed by atoms with Crippen molar-refractivity contribution in [1.29, 1.82) is 0 Å². The van der Waals surface area contributed by atoms with E-state index in [1.165, 1.54) is 52.9 Å². The van der Waals surface area contributed by atoms with Crippen LogP contribution in [0.2, 0.25) is 0 Å². The van der Waals surface area contributed by atoms with E-state index in [2.05, 4.69) is 87.1 Å². The van der Waals surface area contributed by atoms with Gasteiger partial charge in [0.1, 0.15) is 0 Å². The summed E-state index contributed by atoms with van der Waals surface area (Å²) >= 11 is 0.322. The van der Waals surface area contributed by atoms with E-state index in [-0.39, 0.29) is 0 Å². The molecule has 26 heavy (non-hydrogen) atoms. The van der Waals surface area contributed by atoms with Crippen LogP contribution in [0, 0.1) is 6.92 Å². The topological polar surface area (TPSA) is 3.88 Å². The molecule has 5 rings (SSSR count). The van der Waals surface area contributed by atoms with Crippen molar-refractivity contribution in [2.75, 3.05) is 0 Å². The molecule has 0 saturated heterocycles. The van der Waals surface area contributed by atoms with Crippen LogP contribution in [-0.2, 0) is 7.05 Å². The summed E-state index contributed by atoms with van der Waals surface area (Å²) in [5, 5.41) is 5.62. The third kappa shape index (κ3) is 2.19. The number of aryl methyl sites for hydroxylation is 2. The van der Waals surface area contributed by atoms with Crippen molar-refractivity contribution in [2.24, 2.45) is 7.05 Å². The number of rotatable bonds is 1. The molecular weight excluding hydrogens is 381 g/mol. The number of pyridine rings is 1. The second-order valence-corrected chi connectivity index (χ2v) is 9.84. The monoisotopic (exact) mass is 404 g/mol. The Hall–Kier alpha value is -2.15. The van der Waals surface area contributed by atoms with Gasteiger partial charge in [-0.1, -0.05) is 0 Å². The Bertz CT molecular complexity index is 1200. The summed E-state index contributed by atoms with van der Waals surface area (Å²) in [5.41, 5.74) is 5.65. The van der Waals surface area contributed by atoms with Gasteiger partial charge in [-0.15, -0.1) is 0 Å². The molecule has 1 nitrogen and oxygen atoms in total. The van der Waals surface area contributed by atoms with Crippen LogP contribution in [-0.4, -0.2) is 15.0 Å². The molecule has 0 bridgehead atoms. The Morgan fingerprint density at radius 2 is 1.77 bits per heavy atom. The fourth-order valence-electron chi connectivity index (χ4n) is 4.15. The van der Waals surface area contributed by atoms with E-state index in [1.807, 2.05) is 0 Å². The summed E-state index contributed by atoms with van der Waals surface area (Å²) in [6.45, 7) is 6.81. The summed E-state index contributed by atoms with van der Waals surface area (Å²) in [7, 11) is 2.21. The molecule has 3 aromatic carbocycles. The molecule has 2 heterocycles. The molecule has 1 aliphatic heterocycles. The van der Waals surface area contributed by atoms with Crippen LogP contribution in [0.5, 0.6) is 0 Å². The van der Waals surface area contributed by atoms with Gasteiger partial charge in [0.05, 0.1) is 0 Å². The van der Waals surface area contributed by atoms with E-state index in [4.69, 9.17) is 0 Å². The van der Waals surface area contributed by atoms with E-state index in [0.717, 1.165) is 0 Å². The first-order valence-electron chi connectivity index (χ1n) is 9.21. The summed E-state index contributed by atoms with van der Waals surface area (Å²) in [6, 6.07) is 18.4. The molecule has 0 radical (unpaired) electrons. The normalized spacial score (nSPS) is 12.8. The number of hydrogen-bond acceptors (Lipinski definition) is 0. The molecule has 128 valence electrons. The number of aromatic nitrogens is 1. The van der Waals surface area contributed by atoms with Gasteiger partial charge in [0.2, 0.25) is 0 Å². The van der Waals surface area contributed by atoms with Crippen LogP contribution in [0.4, 0.5) is 0 Å². The van der Waals surface area contributed by atoms with Gasteiger partial charge >= 0.3 is 161 Å². The molecule has 0 spiro atoms. The predicted octanol–water partition coefficient (Wildman–Crippen LogP) is 3.88. The molecule has 0 saturated carbocycles. The van der Waals surface area contributed by atoms with Crippen molar-refractivity contribution in [2.45, 2.75) is 26.7 Å². The van der Waals surface area contributed by atoms with E-state index in [9.17, 15) is 0 Å². The third-order valence-electron chi connectivity index (χ3n) is 5.55. The van der Waals surface area contributed by atoms with Crippen LogP contribution in [0.3, 0.4) is 0 Å². The second kappa shape index (κ2) is 5.67. The van der Waals surface area contributed by atoms with Crippen LogP contribution in [0.1, 0.15) is 30.9 Å². The van der Waals surface area contributed by atoms with Crippen LogP contribution in [0.25, 0.3) is 32.8 Å². The van der Waals surface area contributed by atoms with Gasteiger partial charge in [-0.05, 0) is 0 Å². The van der Waals surface area contributed by atoms with Gasteiger partial charge in [-0.25, -0.2) is 0 Å².